The smallest absolute Gasteiger partial charge is 0.193 e. The fourth-order valence-electron chi connectivity index (χ4n) is 3.23. The molecule has 0 rings (SSSR count). The Morgan fingerprint density at radius 2 is 0.964 bits per heavy atom. The Morgan fingerprint density at radius 1 is 0.571 bits per heavy atom. The van der Waals surface area contributed by atoms with Crippen molar-refractivity contribution in [2.75, 3.05) is 17.7 Å². The second-order valence-corrected chi connectivity index (χ2v) is 12.7. The van der Waals surface area contributed by atoms with Crippen LogP contribution in [-0.4, -0.2) is 36.9 Å². The molecule has 3 N–H and O–H groups in total. The predicted octanol–water partition coefficient (Wildman–Crippen LogP) is 7.80. The van der Waals surface area contributed by atoms with Gasteiger partial charge in [-0.3, -0.25) is 0 Å². The highest BCUT2D eigenvalue weighted by Crippen LogP contribution is 2.46. The van der Waals surface area contributed by atoms with E-state index in [9.17, 15) is 14.7 Å². The summed E-state index contributed by atoms with van der Waals surface area (Å²) < 4.78 is 0.534. The zero-order chi connectivity index (χ0) is 20.9. The summed E-state index contributed by atoms with van der Waals surface area (Å²) in [5, 5.41) is 0. The van der Waals surface area contributed by atoms with Crippen LogP contribution in [0.1, 0.15) is 117 Å². The van der Waals surface area contributed by atoms with E-state index in [1.807, 2.05) is 23.5 Å². The van der Waals surface area contributed by atoms with E-state index in [1.165, 1.54) is 101 Å². The van der Waals surface area contributed by atoms with E-state index in [1.54, 1.807) is 0 Å². The first-order valence-corrected chi connectivity index (χ1v) is 15.7. The molecule has 0 fully saturated rings. The van der Waals surface area contributed by atoms with Gasteiger partial charge in [-0.25, -0.2) is 0 Å². The quantitative estimate of drug-likeness (QED) is 0.0883. The van der Waals surface area contributed by atoms with Crippen molar-refractivity contribution >= 4 is 31.5 Å². The van der Waals surface area contributed by atoms with Crippen molar-refractivity contribution in [3.05, 3.63) is 0 Å². The molecule has 28 heavy (non-hydrogen) atoms. The van der Waals surface area contributed by atoms with Crippen LogP contribution in [0, 0.1) is 0 Å². The molecule has 0 saturated carbocycles. The lowest BCUT2D eigenvalue weighted by molar-refractivity contribution is 0.329. The summed E-state index contributed by atoms with van der Waals surface area (Å²) in [6, 6.07) is 0. The second kappa shape index (κ2) is 21.2. The molecule has 0 unspecified atom stereocenters. The molecule has 0 saturated heterocycles. The van der Waals surface area contributed by atoms with Gasteiger partial charge in [0.15, 0.2) is 0 Å². The predicted molar refractivity (Wildman–Crippen MR) is 132 cm³/mol. The molecule has 0 spiro atoms. The number of hydrogen-bond donors (Lipinski definition) is 3. The molecule has 0 heterocycles. The van der Waals surface area contributed by atoms with Crippen LogP contribution in [0.2, 0.25) is 0 Å². The Bertz CT molecular complexity index is 295. The van der Waals surface area contributed by atoms with Gasteiger partial charge in [0.25, 0.3) is 0 Å². The van der Waals surface area contributed by atoms with Gasteiger partial charge in [0.05, 0.1) is 4.58 Å². The summed E-state index contributed by atoms with van der Waals surface area (Å²) in [5.41, 5.74) is 0. The SMILES string of the molecule is CCCCCCCCCSC(CCC[P+](O)(O)O)SCCCCCCCCC. The van der Waals surface area contributed by atoms with Crippen molar-refractivity contribution in [2.45, 2.75) is 121 Å². The first-order chi connectivity index (χ1) is 13.5. The summed E-state index contributed by atoms with van der Waals surface area (Å²) in [5.74, 6) is 2.42. The van der Waals surface area contributed by atoms with Crippen LogP contribution >= 0.6 is 31.5 Å². The maximum absolute atomic E-state index is 9.21. The highest BCUT2D eigenvalue weighted by molar-refractivity contribution is 8.17. The second-order valence-electron chi connectivity index (χ2n) is 7.97. The van der Waals surface area contributed by atoms with Gasteiger partial charge in [0.1, 0.15) is 6.16 Å². The van der Waals surface area contributed by atoms with Crippen LogP contribution in [0.25, 0.3) is 0 Å². The van der Waals surface area contributed by atoms with Crippen LogP contribution in [0.5, 0.6) is 0 Å². The highest BCUT2D eigenvalue weighted by Gasteiger charge is 2.29. The average molecular weight is 456 g/mol. The summed E-state index contributed by atoms with van der Waals surface area (Å²) in [4.78, 5) is 27.6. The normalized spacial score (nSPS) is 12.2. The molecule has 0 bridgehead atoms. The van der Waals surface area contributed by atoms with Gasteiger partial charge in [0, 0.05) is 0 Å². The van der Waals surface area contributed by atoms with Crippen molar-refractivity contribution in [2.24, 2.45) is 0 Å². The van der Waals surface area contributed by atoms with E-state index in [2.05, 4.69) is 13.8 Å². The van der Waals surface area contributed by atoms with Crippen molar-refractivity contribution in [1.29, 1.82) is 0 Å². The summed E-state index contributed by atoms with van der Waals surface area (Å²) in [7, 11) is -3.59. The molecule has 0 aliphatic rings. The van der Waals surface area contributed by atoms with Gasteiger partial charge in [-0.2, -0.15) is 14.7 Å². The van der Waals surface area contributed by atoms with Crippen molar-refractivity contribution in [3.8, 4) is 0 Å². The minimum atomic E-state index is -3.59. The summed E-state index contributed by atoms with van der Waals surface area (Å²) in [6.45, 7) is 4.52. The molecule has 3 nitrogen and oxygen atoms in total. The molecular weight excluding hydrogens is 407 g/mol. The monoisotopic (exact) mass is 455 g/mol. The first-order valence-electron chi connectivity index (χ1n) is 11.8. The van der Waals surface area contributed by atoms with E-state index in [0.717, 1.165) is 6.42 Å². The Morgan fingerprint density at radius 3 is 1.36 bits per heavy atom. The molecule has 0 aliphatic heterocycles. The molecule has 0 atom stereocenters. The molecule has 6 heteroatoms. The summed E-state index contributed by atoms with van der Waals surface area (Å²) >= 11 is 4.09. The summed E-state index contributed by atoms with van der Waals surface area (Å²) in [6.07, 6.45) is 20.7. The Labute approximate surface area is 184 Å². The van der Waals surface area contributed by atoms with E-state index in [0.29, 0.717) is 11.0 Å². The van der Waals surface area contributed by atoms with Gasteiger partial charge in [0.2, 0.25) is 0 Å². The number of thioether (sulfide) groups is 2. The van der Waals surface area contributed by atoms with Gasteiger partial charge in [-0.05, 0) is 37.2 Å². The Balaban J connectivity index is 3.85. The van der Waals surface area contributed by atoms with Crippen molar-refractivity contribution in [3.63, 3.8) is 0 Å². The first kappa shape index (κ1) is 29.0. The van der Waals surface area contributed by atoms with E-state index in [4.69, 9.17) is 0 Å². The Kier molecular flexibility index (Phi) is 22.0. The topological polar surface area (TPSA) is 60.7 Å². The molecule has 0 radical (unpaired) electrons. The molecule has 0 aromatic carbocycles. The standard InChI is InChI=1S/C22H48O3PS2/c1-3-5-7-9-11-13-15-20-27-22(18-17-19-26(23,24)25)28-21-16-14-12-10-8-6-4-2/h22-25H,3-21H2,1-2H3/q+1. The van der Waals surface area contributed by atoms with Gasteiger partial charge < -0.3 is 0 Å². The number of unbranched alkanes of at least 4 members (excludes halogenated alkanes) is 12. The van der Waals surface area contributed by atoms with Gasteiger partial charge >= 0.3 is 7.94 Å². The minimum Gasteiger partial charge on any atom is -0.193 e. The van der Waals surface area contributed by atoms with Gasteiger partial charge in [-0.1, -0.05) is 90.9 Å². The zero-order valence-corrected chi connectivity index (χ0v) is 21.1. The highest BCUT2D eigenvalue weighted by atomic mass is 32.2. The molecule has 0 aromatic heterocycles. The van der Waals surface area contributed by atoms with Crippen molar-refractivity contribution in [1.82, 2.24) is 0 Å². The van der Waals surface area contributed by atoms with Crippen LogP contribution in [0.3, 0.4) is 0 Å². The lowest BCUT2D eigenvalue weighted by Gasteiger charge is -2.16. The minimum absolute atomic E-state index is 0.152. The lowest BCUT2D eigenvalue weighted by atomic mass is 10.1. The maximum Gasteiger partial charge on any atom is 0.403 e. The lowest BCUT2D eigenvalue weighted by Crippen LogP contribution is -2.04. The zero-order valence-electron chi connectivity index (χ0n) is 18.6. The van der Waals surface area contributed by atoms with E-state index >= 15 is 0 Å². The van der Waals surface area contributed by atoms with E-state index < -0.39 is 7.94 Å². The maximum atomic E-state index is 9.21. The van der Waals surface area contributed by atoms with Crippen LogP contribution in [0.15, 0.2) is 0 Å². The molecule has 0 amide bonds. The molecule has 170 valence electrons. The third-order valence-corrected chi connectivity index (χ3v) is 9.00. The van der Waals surface area contributed by atoms with E-state index in [-0.39, 0.29) is 6.16 Å². The molecule has 0 aromatic rings. The average Bonchev–Trinajstić information content (AvgIpc) is 2.64. The van der Waals surface area contributed by atoms with Crippen molar-refractivity contribution < 1.29 is 14.7 Å². The number of rotatable bonds is 22. The van der Waals surface area contributed by atoms with Crippen LogP contribution in [0.4, 0.5) is 0 Å². The van der Waals surface area contributed by atoms with Crippen LogP contribution < -0.4 is 0 Å². The van der Waals surface area contributed by atoms with Crippen LogP contribution in [-0.2, 0) is 0 Å². The fraction of sp³-hybridized carbons (Fsp3) is 1.00. The molecular formula is C22H48O3PS2+. The third-order valence-electron chi connectivity index (χ3n) is 5.00. The third kappa shape index (κ3) is 23.3. The Hall–Kier alpha value is 1.01. The number of hydrogen-bond acceptors (Lipinski definition) is 5. The largest absolute Gasteiger partial charge is 0.403 e. The fourth-order valence-corrected chi connectivity index (χ4v) is 6.74. The molecule has 0 aliphatic carbocycles. The van der Waals surface area contributed by atoms with Gasteiger partial charge in [-0.15, -0.1) is 23.5 Å².